The molecule has 2 heterocycles. The number of rotatable bonds is 11. The van der Waals surface area contributed by atoms with Gasteiger partial charge >= 0.3 is 5.97 Å². The first kappa shape index (κ1) is 25.3. The largest absolute Gasteiger partial charge is 0.497 e. The topological polar surface area (TPSA) is 88.7 Å². The second-order valence-electron chi connectivity index (χ2n) is 9.95. The predicted molar refractivity (Wildman–Crippen MR) is 139 cm³/mol. The van der Waals surface area contributed by atoms with Crippen LogP contribution in [0.1, 0.15) is 63.0 Å². The Balaban J connectivity index is 1.34. The van der Waals surface area contributed by atoms with Crippen molar-refractivity contribution in [2.75, 3.05) is 32.5 Å². The van der Waals surface area contributed by atoms with Crippen molar-refractivity contribution >= 4 is 28.6 Å². The van der Waals surface area contributed by atoms with Crippen molar-refractivity contribution in [1.82, 2.24) is 9.88 Å². The lowest BCUT2D eigenvalue weighted by molar-refractivity contribution is -0.139. The second kappa shape index (κ2) is 12.2. The highest BCUT2D eigenvalue weighted by Gasteiger charge is 2.31. The summed E-state index contributed by atoms with van der Waals surface area (Å²) in [7, 11) is 1.67. The Bertz CT molecular complexity index is 950. The van der Waals surface area contributed by atoms with Crippen LogP contribution in [0.15, 0.2) is 30.5 Å². The molecule has 1 unspecified atom stereocenters. The fourth-order valence-corrected chi connectivity index (χ4v) is 7.11. The van der Waals surface area contributed by atoms with E-state index in [1.54, 1.807) is 7.11 Å². The molecule has 2 fully saturated rings. The highest BCUT2D eigenvalue weighted by Crippen LogP contribution is 2.35. The number of methoxy groups -OCH3 is 1. The van der Waals surface area contributed by atoms with Crippen molar-refractivity contribution < 1.29 is 14.6 Å². The highest BCUT2D eigenvalue weighted by molar-refractivity contribution is 7.99. The van der Waals surface area contributed by atoms with E-state index in [9.17, 15) is 9.90 Å². The summed E-state index contributed by atoms with van der Waals surface area (Å²) in [6.45, 7) is 3.04. The fraction of sp³-hybridized carbons (Fsp3) is 0.630. The van der Waals surface area contributed by atoms with Crippen LogP contribution in [0.25, 0.3) is 10.9 Å². The Morgan fingerprint density at radius 2 is 2.09 bits per heavy atom. The number of hydrogen-bond donors (Lipinski definition) is 2. The van der Waals surface area contributed by atoms with Gasteiger partial charge in [-0.2, -0.15) is 11.8 Å². The quantitative estimate of drug-likeness (QED) is 0.457. The van der Waals surface area contributed by atoms with E-state index in [1.165, 1.54) is 31.4 Å². The Morgan fingerprint density at radius 1 is 1.26 bits per heavy atom. The molecule has 3 N–H and O–H groups in total. The summed E-state index contributed by atoms with van der Waals surface area (Å²) in [5.74, 6) is 1.88. The third kappa shape index (κ3) is 6.64. The van der Waals surface area contributed by atoms with Crippen molar-refractivity contribution in [3.63, 3.8) is 0 Å². The number of thioether (sulfide) groups is 1. The smallest absolute Gasteiger partial charge is 0.303 e. The van der Waals surface area contributed by atoms with Crippen LogP contribution in [-0.2, 0) is 4.79 Å². The van der Waals surface area contributed by atoms with Crippen LogP contribution in [0.5, 0.6) is 5.75 Å². The van der Waals surface area contributed by atoms with Gasteiger partial charge in [0.05, 0.1) is 12.6 Å². The van der Waals surface area contributed by atoms with E-state index in [4.69, 9.17) is 10.5 Å². The number of hydrogen-bond acceptors (Lipinski definition) is 6. The van der Waals surface area contributed by atoms with Gasteiger partial charge < -0.3 is 20.5 Å². The molecule has 1 aliphatic heterocycles. The SMILES string of the molecule is COc1ccc2nccc(C(N)CC[C@@H]3CCN(CCSC4CCCC4)C[C@@H]3CC(=O)O)c2c1. The van der Waals surface area contributed by atoms with Crippen LogP contribution in [0.4, 0.5) is 0 Å². The number of aromatic nitrogens is 1. The van der Waals surface area contributed by atoms with Crippen LogP contribution in [-0.4, -0.2) is 58.7 Å². The minimum Gasteiger partial charge on any atom is -0.497 e. The third-order valence-electron chi connectivity index (χ3n) is 7.71. The van der Waals surface area contributed by atoms with Gasteiger partial charge in [-0.3, -0.25) is 9.78 Å². The highest BCUT2D eigenvalue weighted by atomic mass is 32.2. The van der Waals surface area contributed by atoms with Gasteiger partial charge in [0.1, 0.15) is 5.75 Å². The van der Waals surface area contributed by atoms with Crippen LogP contribution in [0, 0.1) is 11.8 Å². The first-order valence-electron chi connectivity index (χ1n) is 12.8. The van der Waals surface area contributed by atoms with Gasteiger partial charge in [-0.1, -0.05) is 12.8 Å². The summed E-state index contributed by atoms with van der Waals surface area (Å²) in [6, 6.07) is 7.79. The number of benzene rings is 1. The summed E-state index contributed by atoms with van der Waals surface area (Å²) in [5.41, 5.74) is 8.67. The summed E-state index contributed by atoms with van der Waals surface area (Å²) in [6.07, 6.45) is 10.4. The molecule has 2 aromatic rings. The average Bonchev–Trinajstić information content (AvgIpc) is 3.36. The lowest BCUT2D eigenvalue weighted by Crippen LogP contribution is -2.42. The number of nitrogens with two attached hydrogens (primary N) is 1. The predicted octanol–water partition coefficient (Wildman–Crippen LogP) is 5.11. The molecule has 3 atom stereocenters. The number of nitrogens with zero attached hydrogens (tertiary/aromatic N) is 2. The molecule has 0 amide bonds. The number of ether oxygens (including phenoxy) is 1. The molecule has 2 aliphatic rings. The van der Waals surface area contributed by atoms with Gasteiger partial charge in [-0.25, -0.2) is 0 Å². The molecular formula is C27H39N3O3S. The van der Waals surface area contributed by atoms with E-state index in [2.05, 4.69) is 21.6 Å². The molecule has 1 saturated carbocycles. The molecular weight excluding hydrogens is 446 g/mol. The van der Waals surface area contributed by atoms with Crippen molar-refractivity contribution in [3.8, 4) is 5.75 Å². The van der Waals surface area contributed by atoms with Crippen molar-refractivity contribution in [2.24, 2.45) is 17.6 Å². The maximum Gasteiger partial charge on any atom is 0.303 e. The summed E-state index contributed by atoms with van der Waals surface area (Å²) in [5, 5.41) is 11.4. The molecule has 7 heteroatoms. The number of fused-ring (bicyclic) bond motifs is 1. The number of carbonyl (C=O) groups is 1. The van der Waals surface area contributed by atoms with Gasteiger partial charge in [0.2, 0.25) is 0 Å². The first-order valence-corrected chi connectivity index (χ1v) is 13.8. The van der Waals surface area contributed by atoms with E-state index in [0.717, 1.165) is 66.4 Å². The Hall–Kier alpha value is -1.83. The molecule has 1 aliphatic carbocycles. The molecule has 0 radical (unpaired) electrons. The Morgan fingerprint density at radius 3 is 2.85 bits per heavy atom. The van der Waals surface area contributed by atoms with Gasteiger partial charge in [0, 0.05) is 48.1 Å². The summed E-state index contributed by atoms with van der Waals surface area (Å²) < 4.78 is 5.40. The molecule has 186 valence electrons. The van der Waals surface area contributed by atoms with E-state index in [0.29, 0.717) is 5.92 Å². The molecule has 34 heavy (non-hydrogen) atoms. The van der Waals surface area contributed by atoms with Gasteiger partial charge in [0.15, 0.2) is 0 Å². The van der Waals surface area contributed by atoms with Crippen molar-refractivity contribution in [3.05, 3.63) is 36.0 Å². The van der Waals surface area contributed by atoms with Gasteiger partial charge in [-0.05, 0) is 80.3 Å². The number of likely N-dealkylation sites (tertiary alicyclic amines) is 1. The fourth-order valence-electron chi connectivity index (χ4n) is 5.74. The van der Waals surface area contributed by atoms with E-state index in [1.807, 2.05) is 30.5 Å². The zero-order chi connectivity index (χ0) is 23.9. The normalized spacial score (nSPS) is 22.8. The minimum atomic E-state index is -0.686. The van der Waals surface area contributed by atoms with E-state index < -0.39 is 5.97 Å². The molecule has 6 nitrogen and oxygen atoms in total. The lowest BCUT2D eigenvalue weighted by atomic mass is 9.79. The molecule has 0 spiro atoms. The maximum atomic E-state index is 11.6. The second-order valence-corrected chi connectivity index (χ2v) is 11.4. The summed E-state index contributed by atoms with van der Waals surface area (Å²) in [4.78, 5) is 18.6. The monoisotopic (exact) mass is 485 g/mol. The molecule has 1 saturated heterocycles. The molecule has 0 bridgehead atoms. The van der Waals surface area contributed by atoms with Crippen LogP contribution in [0.2, 0.25) is 0 Å². The number of pyridine rings is 1. The zero-order valence-electron chi connectivity index (χ0n) is 20.3. The molecule has 1 aromatic carbocycles. The minimum absolute atomic E-state index is 0.107. The van der Waals surface area contributed by atoms with E-state index in [-0.39, 0.29) is 18.4 Å². The number of carboxylic acid groups (broad SMARTS) is 1. The van der Waals surface area contributed by atoms with Crippen LogP contribution >= 0.6 is 11.8 Å². The Kier molecular flexibility index (Phi) is 9.09. The average molecular weight is 486 g/mol. The van der Waals surface area contributed by atoms with Gasteiger partial charge in [-0.15, -0.1) is 0 Å². The lowest BCUT2D eigenvalue weighted by Gasteiger charge is -2.38. The Labute approximate surface area is 207 Å². The van der Waals surface area contributed by atoms with Gasteiger partial charge in [0.25, 0.3) is 0 Å². The van der Waals surface area contributed by atoms with Crippen molar-refractivity contribution in [2.45, 2.75) is 62.7 Å². The molecule has 1 aromatic heterocycles. The third-order valence-corrected chi connectivity index (χ3v) is 9.07. The van der Waals surface area contributed by atoms with Crippen molar-refractivity contribution in [1.29, 1.82) is 0 Å². The van der Waals surface area contributed by atoms with Crippen LogP contribution in [0.3, 0.4) is 0 Å². The number of piperidine rings is 1. The molecule has 4 rings (SSSR count). The standard InChI is InChI=1S/C27H39N3O3S/c1-33-21-7-9-26-24(17-21)23(10-12-29-26)25(28)8-6-19-11-13-30(18-20(19)16-27(31)32)14-15-34-22-4-2-3-5-22/h7,9-10,12,17,19-20,22,25H,2-6,8,11,13-16,18,28H2,1H3,(H,31,32)/t19-,20+,25?/m1/s1. The number of aliphatic carboxylic acids is 1. The van der Waals surface area contributed by atoms with E-state index >= 15 is 0 Å². The van der Waals surface area contributed by atoms with Crippen LogP contribution < -0.4 is 10.5 Å². The summed E-state index contributed by atoms with van der Waals surface area (Å²) >= 11 is 2.12. The number of carboxylic acids is 1. The zero-order valence-corrected chi connectivity index (χ0v) is 21.1. The first-order chi connectivity index (χ1) is 16.5. The maximum absolute atomic E-state index is 11.6.